The van der Waals surface area contributed by atoms with Gasteiger partial charge in [-0.1, -0.05) is 70.4 Å². The smallest absolute Gasteiger partial charge is 0.00447 e. The van der Waals surface area contributed by atoms with Gasteiger partial charge in [0.05, 0.1) is 0 Å². The fourth-order valence-electron chi connectivity index (χ4n) is 3.38. The molecule has 0 saturated heterocycles. The van der Waals surface area contributed by atoms with E-state index in [2.05, 4.69) is 58.9 Å². The molecule has 0 unspecified atom stereocenters. The summed E-state index contributed by atoms with van der Waals surface area (Å²) < 4.78 is 0. The fourth-order valence-corrected chi connectivity index (χ4v) is 3.38. The molecule has 1 rings (SSSR count). The van der Waals surface area contributed by atoms with Crippen molar-refractivity contribution in [1.29, 1.82) is 0 Å². The van der Waals surface area contributed by atoms with Crippen molar-refractivity contribution in [2.24, 2.45) is 5.92 Å². The number of hydrogen-bond acceptors (Lipinski definition) is 0. The van der Waals surface area contributed by atoms with E-state index in [-0.39, 0.29) is 0 Å². The number of hydrogen-bond donors (Lipinski definition) is 0. The first-order valence-corrected chi connectivity index (χ1v) is 7.61. The van der Waals surface area contributed by atoms with Crippen molar-refractivity contribution in [2.75, 3.05) is 0 Å². The molecule has 0 aliphatic rings. The lowest BCUT2D eigenvalue weighted by Gasteiger charge is -2.36. The lowest BCUT2D eigenvalue weighted by molar-refractivity contribution is 0.290. The highest BCUT2D eigenvalue weighted by Crippen LogP contribution is 2.40. The summed E-state index contributed by atoms with van der Waals surface area (Å²) >= 11 is 0. The maximum absolute atomic E-state index is 2.36. The molecule has 1 aromatic rings. The first-order valence-electron chi connectivity index (χ1n) is 7.61. The molecule has 0 fully saturated rings. The molecule has 0 heteroatoms. The van der Waals surface area contributed by atoms with E-state index < -0.39 is 0 Å². The van der Waals surface area contributed by atoms with Crippen LogP contribution in [0.25, 0.3) is 0 Å². The van der Waals surface area contributed by atoms with Crippen molar-refractivity contribution in [3.8, 4) is 0 Å². The summed E-state index contributed by atoms with van der Waals surface area (Å²) in [6.45, 7) is 11.5. The highest BCUT2D eigenvalue weighted by atomic mass is 14.3. The zero-order valence-electron chi connectivity index (χ0n) is 12.9. The number of benzene rings is 1. The van der Waals surface area contributed by atoms with Crippen LogP contribution in [0.15, 0.2) is 24.3 Å². The first-order chi connectivity index (χ1) is 8.54. The molecule has 18 heavy (non-hydrogen) atoms. The first kappa shape index (κ1) is 15.3. The Bertz CT molecular complexity index is 326. The van der Waals surface area contributed by atoms with Gasteiger partial charge < -0.3 is 0 Å². The van der Waals surface area contributed by atoms with Crippen LogP contribution in [0.5, 0.6) is 0 Å². The molecule has 0 spiro atoms. The lowest BCUT2D eigenvalue weighted by Crippen LogP contribution is -2.28. The van der Waals surface area contributed by atoms with Gasteiger partial charge in [0.2, 0.25) is 0 Å². The monoisotopic (exact) mass is 246 g/mol. The van der Waals surface area contributed by atoms with Gasteiger partial charge in [-0.3, -0.25) is 0 Å². The molecular formula is C18H30. The van der Waals surface area contributed by atoms with Crippen molar-refractivity contribution in [3.63, 3.8) is 0 Å². The van der Waals surface area contributed by atoms with E-state index in [4.69, 9.17) is 0 Å². The van der Waals surface area contributed by atoms with Gasteiger partial charge in [-0.2, -0.15) is 0 Å². The molecule has 0 atom stereocenters. The standard InChI is InChI=1S/C18H30/c1-6-12-18(13-7-2,14-15(3)4)17-10-8-16(5)9-11-17/h8-11,15H,6-7,12-14H2,1-5H3. The number of rotatable bonds is 7. The van der Waals surface area contributed by atoms with E-state index in [9.17, 15) is 0 Å². The summed E-state index contributed by atoms with van der Waals surface area (Å²) in [5.74, 6) is 0.768. The largest absolute Gasteiger partial charge is 0.0654 e. The molecule has 0 radical (unpaired) electrons. The minimum Gasteiger partial charge on any atom is -0.0654 e. The van der Waals surface area contributed by atoms with Gasteiger partial charge >= 0.3 is 0 Å². The molecule has 0 aliphatic carbocycles. The van der Waals surface area contributed by atoms with Gasteiger partial charge in [0.15, 0.2) is 0 Å². The van der Waals surface area contributed by atoms with Crippen LogP contribution >= 0.6 is 0 Å². The average Bonchev–Trinajstić information content (AvgIpc) is 2.29. The molecule has 1 aromatic carbocycles. The Hall–Kier alpha value is -0.780. The Kier molecular flexibility index (Phi) is 5.91. The third-order valence-electron chi connectivity index (χ3n) is 3.92. The maximum atomic E-state index is 2.36. The van der Waals surface area contributed by atoms with E-state index in [0.29, 0.717) is 5.41 Å². The van der Waals surface area contributed by atoms with Crippen LogP contribution in [-0.2, 0) is 5.41 Å². The quantitative estimate of drug-likeness (QED) is 0.563. The van der Waals surface area contributed by atoms with Crippen molar-refractivity contribution in [2.45, 2.75) is 72.1 Å². The Morgan fingerprint density at radius 3 is 1.83 bits per heavy atom. The zero-order chi connectivity index (χ0) is 13.6. The minimum atomic E-state index is 0.408. The predicted molar refractivity (Wildman–Crippen MR) is 82.1 cm³/mol. The second-order valence-corrected chi connectivity index (χ2v) is 6.24. The lowest BCUT2D eigenvalue weighted by atomic mass is 9.68. The predicted octanol–water partition coefficient (Wildman–Crippen LogP) is 5.88. The Labute approximate surface area is 114 Å². The molecule has 0 heterocycles. The molecule has 0 N–H and O–H groups in total. The molecular weight excluding hydrogens is 216 g/mol. The maximum Gasteiger partial charge on any atom is -0.00447 e. The molecule has 0 bridgehead atoms. The van der Waals surface area contributed by atoms with Crippen LogP contribution in [0.4, 0.5) is 0 Å². The molecule has 0 aliphatic heterocycles. The van der Waals surface area contributed by atoms with Gasteiger partial charge in [0, 0.05) is 0 Å². The van der Waals surface area contributed by atoms with Gasteiger partial charge in [0.25, 0.3) is 0 Å². The summed E-state index contributed by atoms with van der Waals surface area (Å²) in [5.41, 5.74) is 3.33. The summed E-state index contributed by atoms with van der Waals surface area (Å²) in [7, 11) is 0. The van der Waals surface area contributed by atoms with Crippen molar-refractivity contribution in [1.82, 2.24) is 0 Å². The average molecular weight is 246 g/mol. The molecule has 0 aromatic heterocycles. The third kappa shape index (κ3) is 3.86. The summed E-state index contributed by atoms with van der Waals surface area (Å²) in [6.07, 6.45) is 6.52. The summed E-state index contributed by atoms with van der Waals surface area (Å²) in [5, 5.41) is 0. The van der Waals surface area contributed by atoms with Gasteiger partial charge in [-0.25, -0.2) is 0 Å². The van der Waals surface area contributed by atoms with E-state index in [1.807, 2.05) is 0 Å². The van der Waals surface area contributed by atoms with Crippen LogP contribution < -0.4 is 0 Å². The summed E-state index contributed by atoms with van der Waals surface area (Å²) in [6, 6.07) is 9.28. The number of aryl methyl sites for hydroxylation is 1. The van der Waals surface area contributed by atoms with Gasteiger partial charge in [-0.05, 0) is 43.1 Å². The molecule has 0 saturated carbocycles. The summed E-state index contributed by atoms with van der Waals surface area (Å²) in [4.78, 5) is 0. The minimum absolute atomic E-state index is 0.408. The van der Waals surface area contributed by atoms with Crippen LogP contribution in [-0.4, -0.2) is 0 Å². The van der Waals surface area contributed by atoms with E-state index in [1.165, 1.54) is 37.7 Å². The second-order valence-electron chi connectivity index (χ2n) is 6.24. The second kappa shape index (κ2) is 6.97. The van der Waals surface area contributed by atoms with E-state index >= 15 is 0 Å². The highest BCUT2D eigenvalue weighted by molar-refractivity contribution is 5.29. The Balaban J connectivity index is 3.10. The highest BCUT2D eigenvalue weighted by Gasteiger charge is 2.30. The van der Waals surface area contributed by atoms with Crippen LogP contribution in [0.3, 0.4) is 0 Å². The molecule has 0 nitrogen and oxygen atoms in total. The molecule has 102 valence electrons. The fraction of sp³-hybridized carbons (Fsp3) is 0.667. The SMILES string of the molecule is CCCC(CCC)(CC(C)C)c1ccc(C)cc1. The zero-order valence-corrected chi connectivity index (χ0v) is 12.9. The van der Waals surface area contributed by atoms with Crippen molar-refractivity contribution in [3.05, 3.63) is 35.4 Å². The Morgan fingerprint density at radius 1 is 0.944 bits per heavy atom. The van der Waals surface area contributed by atoms with E-state index in [1.54, 1.807) is 5.56 Å². The van der Waals surface area contributed by atoms with E-state index in [0.717, 1.165) is 5.92 Å². The van der Waals surface area contributed by atoms with Gasteiger partial charge in [0.1, 0.15) is 0 Å². The van der Waals surface area contributed by atoms with Crippen LogP contribution in [0, 0.1) is 12.8 Å². The van der Waals surface area contributed by atoms with Crippen LogP contribution in [0.1, 0.15) is 70.9 Å². The van der Waals surface area contributed by atoms with Gasteiger partial charge in [-0.15, -0.1) is 0 Å². The van der Waals surface area contributed by atoms with Crippen LogP contribution in [0.2, 0.25) is 0 Å². The van der Waals surface area contributed by atoms with Crippen molar-refractivity contribution < 1.29 is 0 Å². The van der Waals surface area contributed by atoms with Crippen molar-refractivity contribution >= 4 is 0 Å². The Morgan fingerprint density at radius 2 is 1.44 bits per heavy atom. The normalized spacial score (nSPS) is 12.1. The molecule has 0 amide bonds. The topological polar surface area (TPSA) is 0 Å². The third-order valence-corrected chi connectivity index (χ3v) is 3.92.